The Morgan fingerprint density at radius 2 is 2.16 bits per heavy atom. The van der Waals surface area contributed by atoms with E-state index in [1.807, 2.05) is 29.6 Å². The molecule has 3 nitrogen and oxygen atoms in total. The van der Waals surface area contributed by atoms with Gasteiger partial charge in [0.25, 0.3) is 0 Å². The van der Waals surface area contributed by atoms with Gasteiger partial charge in [-0.05, 0) is 23.6 Å². The highest BCUT2D eigenvalue weighted by molar-refractivity contribution is 7.10. The van der Waals surface area contributed by atoms with Crippen LogP contribution in [-0.2, 0) is 0 Å². The molecule has 3 aromatic rings. The van der Waals surface area contributed by atoms with Gasteiger partial charge in [-0.2, -0.15) is 0 Å². The topological polar surface area (TPSA) is 56.2 Å². The SMILES string of the molecule is NC(C(=O)c1cc2cccc(Cl)c2o1)c1cccs1. The van der Waals surface area contributed by atoms with Gasteiger partial charge >= 0.3 is 0 Å². The third-order valence-electron chi connectivity index (χ3n) is 2.87. The van der Waals surface area contributed by atoms with Gasteiger partial charge in [0, 0.05) is 10.3 Å². The zero-order valence-electron chi connectivity index (χ0n) is 9.80. The molecule has 0 saturated heterocycles. The van der Waals surface area contributed by atoms with Gasteiger partial charge in [-0.1, -0.05) is 29.8 Å². The minimum atomic E-state index is -0.695. The number of nitrogens with two attached hydrogens (primary N) is 1. The Morgan fingerprint density at radius 1 is 1.32 bits per heavy atom. The molecule has 0 fully saturated rings. The van der Waals surface area contributed by atoms with Crippen molar-refractivity contribution < 1.29 is 9.21 Å². The highest BCUT2D eigenvalue weighted by Crippen LogP contribution is 2.29. The number of hydrogen-bond acceptors (Lipinski definition) is 4. The summed E-state index contributed by atoms with van der Waals surface area (Å²) in [6, 6.07) is 10.1. The van der Waals surface area contributed by atoms with Crippen LogP contribution in [0.1, 0.15) is 21.5 Å². The second-order valence-electron chi connectivity index (χ2n) is 4.13. The summed E-state index contributed by atoms with van der Waals surface area (Å²) >= 11 is 7.47. The van der Waals surface area contributed by atoms with Crippen LogP contribution in [0, 0.1) is 0 Å². The van der Waals surface area contributed by atoms with Crippen molar-refractivity contribution in [2.24, 2.45) is 5.73 Å². The maximum atomic E-state index is 12.3. The molecule has 0 bridgehead atoms. The minimum absolute atomic E-state index is 0.240. The summed E-state index contributed by atoms with van der Waals surface area (Å²) in [6.07, 6.45) is 0. The summed E-state index contributed by atoms with van der Waals surface area (Å²) in [4.78, 5) is 13.1. The molecule has 96 valence electrons. The van der Waals surface area contributed by atoms with Gasteiger partial charge in [-0.3, -0.25) is 4.79 Å². The van der Waals surface area contributed by atoms with Crippen molar-refractivity contribution in [2.45, 2.75) is 6.04 Å². The lowest BCUT2D eigenvalue weighted by molar-refractivity contribution is 0.0937. The molecule has 0 aliphatic carbocycles. The van der Waals surface area contributed by atoms with Gasteiger partial charge in [0.15, 0.2) is 11.3 Å². The lowest BCUT2D eigenvalue weighted by atomic mass is 10.1. The summed E-state index contributed by atoms with van der Waals surface area (Å²) in [5.41, 5.74) is 6.46. The Hall–Kier alpha value is -1.62. The summed E-state index contributed by atoms with van der Waals surface area (Å²) < 4.78 is 5.52. The average molecular weight is 292 g/mol. The molecule has 1 atom stereocenters. The molecule has 0 amide bonds. The summed E-state index contributed by atoms with van der Waals surface area (Å²) in [7, 11) is 0. The number of benzene rings is 1. The van der Waals surface area contributed by atoms with Crippen LogP contribution in [0.4, 0.5) is 0 Å². The number of rotatable bonds is 3. The Balaban J connectivity index is 2.00. The molecule has 0 aliphatic rings. The lowest BCUT2D eigenvalue weighted by Crippen LogP contribution is -2.19. The Morgan fingerprint density at radius 3 is 2.84 bits per heavy atom. The molecule has 2 heterocycles. The fraction of sp³-hybridized carbons (Fsp3) is 0.0714. The molecule has 19 heavy (non-hydrogen) atoms. The first-order valence-electron chi connectivity index (χ1n) is 5.68. The van der Waals surface area contributed by atoms with Crippen molar-refractivity contribution in [2.75, 3.05) is 0 Å². The van der Waals surface area contributed by atoms with Crippen LogP contribution in [0.5, 0.6) is 0 Å². The van der Waals surface area contributed by atoms with Crippen molar-refractivity contribution in [3.8, 4) is 0 Å². The smallest absolute Gasteiger partial charge is 0.219 e. The normalized spacial score (nSPS) is 12.7. The number of Topliss-reactive ketones (excluding diaryl/α,β-unsaturated/α-hetero) is 1. The van der Waals surface area contributed by atoms with E-state index in [2.05, 4.69) is 0 Å². The molecule has 2 N–H and O–H groups in total. The minimum Gasteiger partial charge on any atom is -0.451 e. The van der Waals surface area contributed by atoms with Gasteiger partial charge in [0.2, 0.25) is 5.78 Å². The molecule has 0 aliphatic heterocycles. The van der Waals surface area contributed by atoms with Gasteiger partial charge in [0.05, 0.1) is 5.02 Å². The first-order valence-corrected chi connectivity index (χ1v) is 6.94. The Labute approximate surface area is 118 Å². The highest BCUT2D eigenvalue weighted by atomic mass is 35.5. The largest absolute Gasteiger partial charge is 0.451 e. The predicted molar refractivity (Wildman–Crippen MR) is 76.8 cm³/mol. The predicted octanol–water partition coefficient (Wildman–Crippen LogP) is 4.03. The van der Waals surface area contributed by atoms with E-state index in [1.165, 1.54) is 11.3 Å². The molecular formula is C14H10ClNO2S. The molecule has 0 radical (unpaired) electrons. The van der Waals surface area contributed by atoms with Crippen LogP contribution in [-0.4, -0.2) is 5.78 Å². The van der Waals surface area contributed by atoms with E-state index < -0.39 is 6.04 Å². The number of ketones is 1. The monoisotopic (exact) mass is 291 g/mol. The summed E-state index contributed by atoms with van der Waals surface area (Å²) in [6.45, 7) is 0. The highest BCUT2D eigenvalue weighted by Gasteiger charge is 2.22. The molecule has 3 rings (SSSR count). The number of furan rings is 1. The number of halogens is 1. The summed E-state index contributed by atoms with van der Waals surface area (Å²) in [5.74, 6) is -0.00119. The number of hydrogen-bond donors (Lipinski definition) is 1. The molecule has 0 spiro atoms. The van der Waals surface area contributed by atoms with E-state index in [0.29, 0.717) is 10.6 Å². The zero-order chi connectivity index (χ0) is 13.4. The number of thiophene rings is 1. The van der Waals surface area contributed by atoms with E-state index in [-0.39, 0.29) is 11.5 Å². The second kappa shape index (κ2) is 4.81. The Kier molecular flexibility index (Phi) is 3.14. The Bertz CT molecular complexity index is 733. The van der Waals surface area contributed by atoms with Gasteiger partial charge in [-0.25, -0.2) is 0 Å². The van der Waals surface area contributed by atoms with Crippen molar-refractivity contribution in [1.29, 1.82) is 0 Å². The first-order chi connectivity index (χ1) is 9.16. The van der Waals surface area contributed by atoms with E-state index in [0.717, 1.165) is 10.3 Å². The molecule has 2 aromatic heterocycles. The average Bonchev–Trinajstić information content (AvgIpc) is 3.06. The standard InChI is InChI=1S/C14H10ClNO2S/c15-9-4-1-3-8-7-10(18-14(8)9)13(17)12(16)11-5-2-6-19-11/h1-7,12H,16H2. The van der Waals surface area contributed by atoms with Crippen LogP contribution in [0.2, 0.25) is 5.02 Å². The number of carbonyl (C=O) groups is 1. The first kappa shape index (κ1) is 12.4. The molecule has 1 aromatic carbocycles. The van der Waals surface area contributed by atoms with Crippen molar-refractivity contribution >= 4 is 39.7 Å². The maximum Gasteiger partial charge on any atom is 0.219 e. The number of para-hydroxylation sites is 1. The zero-order valence-corrected chi connectivity index (χ0v) is 11.4. The van der Waals surface area contributed by atoms with E-state index in [1.54, 1.807) is 12.1 Å². The van der Waals surface area contributed by atoms with Gasteiger partial charge in [0.1, 0.15) is 6.04 Å². The quantitative estimate of drug-likeness (QED) is 0.741. The van der Waals surface area contributed by atoms with Gasteiger partial charge < -0.3 is 10.2 Å². The molecular weight excluding hydrogens is 282 g/mol. The molecule has 1 unspecified atom stereocenters. The van der Waals surface area contributed by atoms with Crippen molar-refractivity contribution in [1.82, 2.24) is 0 Å². The second-order valence-corrected chi connectivity index (χ2v) is 5.51. The number of carbonyl (C=O) groups excluding carboxylic acids is 1. The van der Waals surface area contributed by atoms with Crippen LogP contribution in [0.15, 0.2) is 46.2 Å². The third-order valence-corrected chi connectivity index (χ3v) is 4.12. The maximum absolute atomic E-state index is 12.3. The number of fused-ring (bicyclic) bond motifs is 1. The fourth-order valence-corrected chi connectivity index (χ4v) is 2.85. The van der Waals surface area contributed by atoms with E-state index in [9.17, 15) is 4.79 Å². The molecule has 5 heteroatoms. The third kappa shape index (κ3) is 2.18. The van der Waals surface area contributed by atoms with Crippen molar-refractivity contribution in [3.63, 3.8) is 0 Å². The van der Waals surface area contributed by atoms with Gasteiger partial charge in [-0.15, -0.1) is 11.3 Å². The molecule has 0 saturated carbocycles. The van der Waals surface area contributed by atoms with E-state index >= 15 is 0 Å². The van der Waals surface area contributed by atoms with Crippen LogP contribution in [0.3, 0.4) is 0 Å². The lowest BCUT2D eigenvalue weighted by Gasteiger charge is -2.05. The van der Waals surface area contributed by atoms with Crippen LogP contribution >= 0.6 is 22.9 Å². The summed E-state index contributed by atoms with van der Waals surface area (Å²) in [5, 5.41) is 3.17. The van der Waals surface area contributed by atoms with Crippen LogP contribution in [0.25, 0.3) is 11.0 Å². The van der Waals surface area contributed by atoms with Crippen LogP contribution < -0.4 is 5.73 Å². The van der Waals surface area contributed by atoms with E-state index in [4.69, 9.17) is 21.8 Å². The van der Waals surface area contributed by atoms with Crippen molar-refractivity contribution in [3.05, 3.63) is 57.4 Å². The fourth-order valence-electron chi connectivity index (χ4n) is 1.90.